The highest BCUT2D eigenvalue weighted by atomic mass is 28.4. The van der Waals surface area contributed by atoms with Gasteiger partial charge < -0.3 is 23.0 Å². The molecule has 1 N–H and O–H groups in total. The maximum absolute atomic E-state index is 12.7. The van der Waals surface area contributed by atoms with Crippen molar-refractivity contribution in [2.75, 3.05) is 0 Å². The molecule has 3 heterocycles. The van der Waals surface area contributed by atoms with E-state index in [4.69, 9.17) is 18.0 Å². The summed E-state index contributed by atoms with van der Waals surface area (Å²) in [6, 6.07) is 0. The van der Waals surface area contributed by atoms with Crippen molar-refractivity contribution in [1.82, 2.24) is 19.5 Å². The van der Waals surface area contributed by atoms with Crippen molar-refractivity contribution in [1.29, 1.82) is 0 Å². The molecule has 1 fully saturated rings. The number of ether oxygens (including phenoxy) is 1. The number of nitrogens with zero attached hydrogens (tertiary/aromatic N) is 3. The topological polar surface area (TPSA) is 100 Å². The van der Waals surface area contributed by atoms with E-state index in [0.717, 1.165) is 0 Å². The van der Waals surface area contributed by atoms with Crippen molar-refractivity contribution < 1.29 is 18.0 Å². The van der Waals surface area contributed by atoms with Crippen molar-refractivity contribution in [3.05, 3.63) is 23.0 Å². The largest absolute Gasteiger partial charge is 0.411 e. The predicted octanol–water partition coefficient (Wildman–Crippen LogP) is 7.84. The molecule has 1 unspecified atom stereocenters. The SMILES string of the molecule is CC(C)C(O[Si](C)(C)C(C)(C)C)[C@H]1O[C@@H](n2cnc3c(=O)[nH]cnc32)[C@H](O[Si](C)(C)C(C)(C)C)[C@@H]1O[Si](C)(C)C(C)(C)C. The fourth-order valence-electron chi connectivity index (χ4n) is 4.60. The van der Waals surface area contributed by atoms with Gasteiger partial charge in [-0.1, -0.05) is 76.2 Å². The maximum atomic E-state index is 12.7. The van der Waals surface area contributed by atoms with E-state index in [0.29, 0.717) is 5.65 Å². The summed E-state index contributed by atoms with van der Waals surface area (Å²) in [6.07, 6.45) is 1.00. The molecule has 43 heavy (non-hydrogen) atoms. The van der Waals surface area contributed by atoms with Gasteiger partial charge in [0.25, 0.3) is 5.56 Å². The van der Waals surface area contributed by atoms with Crippen LogP contribution in [-0.4, -0.2) is 68.9 Å². The quantitative estimate of drug-likeness (QED) is 0.275. The van der Waals surface area contributed by atoms with E-state index < -0.39 is 49.5 Å². The van der Waals surface area contributed by atoms with Crippen LogP contribution >= 0.6 is 0 Å². The number of H-pyrrole nitrogens is 1. The third-order valence-electron chi connectivity index (χ3n) is 10.6. The second kappa shape index (κ2) is 11.9. The fraction of sp³-hybridized carbons (Fsp3) is 0.839. The summed E-state index contributed by atoms with van der Waals surface area (Å²) in [5.41, 5.74) is 0.465. The highest BCUT2D eigenvalue weighted by molar-refractivity contribution is 6.75. The molecular formula is C31H60N4O5Si3. The van der Waals surface area contributed by atoms with Crippen LogP contribution in [0.25, 0.3) is 11.2 Å². The molecule has 0 spiro atoms. The molecule has 9 nitrogen and oxygen atoms in total. The molecule has 0 radical (unpaired) electrons. The van der Waals surface area contributed by atoms with Gasteiger partial charge in [-0.25, -0.2) is 9.97 Å². The Bertz CT molecular complexity index is 1320. The molecule has 0 amide bonds. The lowest BCUT2D eigenvalue weighted by molar-refractivity contribution is -0.0895. The van der Waals surface area contributed by atoms with Gasteiger partial charge in [-0.3, -0.25) is 9.36 Å². The lowest BCUT2D eigenvalue weighted by atomic mass is 9.97. The van der Waals surface area contributed by atoms with Crippen LogP contribution in [0.5, 0.6) is 0 Å². The second-order valence-corrected chi connectivity index (χ2v) is 31.6. The summed E-state index contributed by atoms with van der Waals surface area (Å²) in [6.45, 7) is 38.4. The Morgan fingerprint density at radius 3 is 1.77 bits per heavy atom. The molecule has 1 aliphatic rings. The van der Waals surface area contributed by atoms with E-state index in [1.165, 1.54) is 6.33 Å². The van der Waals surface area contributed by atoms with Gasteiger partial charge in [-0.2, -0.15) is 0 Å². The number of rotatable bonds is 9. The summed E-state index contributed by atoms with van der Waals surface area (Å²) in [4.78, 5) is 24.3. The van der Waals surface area contributed by atoms with Crippen molar-refractivity contribution in [2.24, 2.45) is 5.92 Å². The fourth-order valence-corrected chi connectivity index (χ4v) is 8.62. The third kappa shape index (κ3) is 7.30. The molecule has 0 saturated carbocycles. The lowest BCUT2D eigenvalue weighted by Crippen LogP contribution is -2.57. The lowest BCUT2D eigenvalue weighted by Gasteiger charge is -2.46. The molecule has 5 atom stereocenters. The zero-order chi connectivity index (χ0) is 33.1. The van der Waals surface area contributed by atoms with Crippen LogP contribution < -0.4 is 5.56 Å². The molecule has 246 valence electrons. The molecule has 3 rings (SSSR count). The summed E-state index contributed by atoms with van der Waals surface area (Å²) in [7, 11) is -6.84. The first-order chi connectivity index (χ1) is 19.2. The van der Waals surface area contributed by atoms with Gasteiger partial charge in [0, 0.05) is 0 Å². The Morgan fingerprint density at radius 2 is 1.30 bits per heavy atom. The van der Waals surface area contributed by atoms with Gasteiger partial charge in [0.05, 0.1) is 18.8 Å². The minimum Gasteiger partial charge on any atom is -0.411 e. The Labute approximate surface area is 263 Å². The van der Waals surface area contributed by atoms with Crippen LogP contribution in [0.4, 0.5) is 0 Å². The molecule has 1 saturated heterocycles. The Kier molecular flexibility index (Phi) is 10.0. The van der Waals surface area contributed by atoms with Crippen molar-refractivity contribution in [2.45, 2.75) is 161 Å². The average Bonchev–Trinajstić information content (AvgIpc) is 3.37. The van der Waals surface area contributed by atoms with E-state index in [1.807, 2.05) is 4.57 Å². The smallest absolute Gasteiger partial charge is 0.278 e. The van der Waals surface area contributed by atoms with Gasteiger partial charge in [0.2, 0.25) is 0 Å². The van der Waals surface area contributed by atoms with Crippen LogP contribution in [-0.2, 0) is 18.0 Å². The van der Waals surface area contributed by atoms with Gasteiger partial charge in [0.15, 0.2) is 42.3 Å². The van der Waals surface area contributed by atoms with Gasteiger partial charge >= 0.3 is 0 Å². The van der Waals surface area contributed by atoms with E-state index in [2.05, 4.69) is 130 Å². The Morgan fingerprint density at radius 1 is 0.814 bits per heavy atom. The number of hydrogen-bond donors (Lipinski definition) is 1. The molecule has 2 aromatic heterocycles. The van der Waals surface area contributed by atoms with Crippen LogP contribution in [0.2, 0.25) is 54.4 Å². The molecule has 12 heteroatoms. The molecule has 1 aliphatic heterocycles. The first-order valence-corrected chi connectivity index (χ1v) is 24.5. The standard InChI is InChI=1S/C31H60N4O5Si3/c1-20(2)22(38-41(12,13)29(3,4)5)23-24(39-42(14,15)30(6,7)8)25(40-43(16,17)31(9,10)11)28(37-23)35-19-34-21-26(35)32-18-33-27(21)36/h18-20,22-25,28H,1-17H3,(H,32,33,36)/t22?,23-,24-,25-,28-/m1/s1. The van der Waals surface area contributed by atoms with Crippen molar-refractivity contribution in [3.8, 4) is 0 Å². The summed E-state index contributed by atoms with van der Waals surface area (Å²) >= 11 is 0. The van der Waals surface area contributed by atoms with Crippen molar-refractivity contribution >= 4 is 36.1 Å². The van der Waals surface area contributed by atoms with Gasteiger partial charge in [0.1, 0.15) is 18.3 Å². The van der Waals surface area contributed by atoms with Crippen LogP contribution in [0, 0.1) is 5.92 Å². The summed E-state index contributed by atoms with van der Waals surface area (Å²) in [5.74, 6) is 0.164. The monoisotopic (exact) mass is 652 g/mol. The number of aromatic nitrogens is 4. The third-order valence-corrected chi connectivity index (χ3v) is 24.0. The number of fused-ring (bicyclic) bond motifs is 1. The second-order valence-electron chi connectivity index (χ2n) is 17.3. The summed E-state index contributed by atoms with van der Waals surface area (Å²) < 4.78 is 30.9. The number of aromatic amines is 1. The Hall–Kier alpha value is -1.16. The molecule has 0 bridgehead atoms. The van der Waals surface area contributed by atoms with Gasteiger partial charge in [-0.15, -0.1) is 0 Å². The van der Waals surface area contributed by atoms with Gasteiger partial charge in [-0.05, 0) is 60.3 Å². The first-order valence-electron chi connectivity index (χ1n) is 15.8. The molecule has 0 aliphatic carbocycles. The molecular weight excluding hydrogens is 593 g/mol. The summed E-state index contributed by atoms with van der Waals surface area (Å²) in [5, 5.41) is -0.0452. The number of hydrogen-bond acceptors (Lipinski definition) is 7. The average molecular weight is 653 g/mol. The van der Waals surface area contributed by atoms with E-state index >= 15 is 0 Å². The molecule has 2 aromatic rings. The normalized spacial score (nSPS) is 23.9. The zero-order valence-corrected chi connectivity index (χ0v) is 33.0. The van der Waals surface area contributed by atoms with Crippen LogP contribution in [0.3, 0.4) is 0 Å². The predicted molar refractivity (Wildman–Crippen MR) is 183 cm³/mol. The number of nitrogens with one attached hydrogen (secondary N) is 1. The maximum Gasteiger partial charge on any atom is 0.278 e. The van der Waals surface area contributed by atoms with Crippen molar-refractivity contribution in [3.63, 3.8) is 0 Å². The highest BCUT2D eigenvalue weighted by Gasteiger charge is 2.57. The zero-order valence-electron chi connectivity index (χ0n) is 30.0. The van der Waals surface area contributed by atoms with Crippen LogP contribution in [0.15, 0.2) is 17.4 Å². The van der Waals surface area contributed by atoms with E-state index in [1.54, 1.807) is 6.33 Å². The van der Waals surface area contributed by atoms with E-state index in [-0.39, 0.29) is 38.2 Å². The highest BCUT2D eigenvalue weighted by Crippen LogP contribution is 2.48. The molecule has 0 aromatic carbocycles. The van der Waals surface area contributed by atoms with E-state index in [9.17, 15) is 4.79 Å². The minimum absolute atomic E-state index is 0.0243. The number of imidazole rings is 1. The Balaban J connectivity index is 2.28. The first kappa shape index (κ1) is 36.3. The van der Waals surface area contributed by atoms with Crippen LogP contribution in [0.1, 0.15) is 82.4 Å². The minimum atomic E-state index is -2.33.